The molecule has 0 atom stereocenters. The molecule has 21 heavy (non-hydrogen) atoms. The van der Waals surface area contributed by atoms with Gasteiger partial charge in [-0.25, -0.2) is 0 Å². The lowest BCUT2D eigenvalue weighted by Crippen LogP contribution is -2.34. The van der Waals surface area contributed by atoms with E-state index in [0.29, 0.717) is 0 Å². The Bertz CT molecular complexity index is 653. The van der Waals surface area contributed by atoms with E-state index in [1.807, 2.05) is 0 Å². The van der Waals surface area contributed by atoms with Gasteiger partial charge in [0.2, 0.25) is 0 Å². The van der Waals surface area contributed by atoms with E-state index < -0.39 is 0 Å². The normalized spacial score (nSPS) is 24.0. The van der Waals surface area contributed by atoms with Crippen molar-refractivity contribution in [3.63, 3.8) is 0 Å². The zero-order chi connectivity index (χ0) is 15.3. The number of hydrogen-bond acceptors (Lipinski definition) is 1. The first kappa shape index (κ1) is 14.4. The van der Waals surface area contributed by atoms with Crippen molar-refractivity contribution in [2.45, 2.75) is 70.6 Å². The molecule has 0 radical (unpaired) electrons. The fraction of sp³-hybridized carbons (Fsp3) is 0.550. The molecule has 0 aromatic heterocycles. The van der Waals surface area contributed by atoms with Crippen molar-refractivity contribution in [1.82, 2.24) is 0 Å². The van der Waals surface area contributed by atoms with Crippen LogP contribution in [0.25, 0.3) is 5.57 Å². The number of hydrogen-bond donors (Lipinski definition) is 0. The molecule has 0 amide bonds. The third kappa shape index (κ3) is 2.31. The van der Waals surface area contributed by atoms with Gasteiger partial charge in [0.25, 0.3) is 0 Å². The van der Waals surface area contributed by atoms with E-state index in [9.17, 15) is 0 Å². The van der Waals surface area contributed by atoms with Crippen LogP contribution in [0.3, 0.4) is 0 Å². The molecule has 0 bridgehead atoms. The Labute approximate surface area is 128 Å². The lowest BCUT2D eigenvalue weighted by molar-refractivity contribution is 0.331. The number of nitriles is 1. The summed E-state index contributed by atoms with van der Waals surface area (Å²) in [5.74, 6) is 0. The molecule has 0 spiro atoms. The van der Waals surface area contributed by atoms with Crippen LogP contribution in [0.15, 0.2) is 18.2 Å². The van der Waals surface area contributed by atoms with Gasteiger partial charge < -0.3 is 0 Å². The fourth-order valence-electron chi connectivity index (χ4n) is 4.00. The predicted octanol–water partition coefficient (Wildman–Crippen LogP) is 5.28. The molecule has 0 saturated carbocycles. The molecule has 0 saturated heterocycles. The molecule has 0 fully saturated rings. The minimum atomic E-state index is 0.245. The van der Waals surface area contributed by atoms with E-state index in [2.05, 4.69) is 45.9 Å². The van der Waals surface area contributed by atoms with Gasteiger partial charge in [-0.3, -0.25) is 0 Å². The Balaban J connectivity index is 2.25. The highest BCUT2D eigenvalue weighted by molar-refractivity contribution is 5.73. The van der Waals surface area contributed by atoms with Crippen molar-refractivity contribution in [2.24, 2.45) is 0 Å². The highest BCUT2D eigenvalue weighted by atomic mass is 14.4. The van der Waals surface area contributed by atoms with Gasteiger partial charge in [0.05, 0.1) is 6.07 Å². The first-order valence-corrected chi connectivity index (χ1v) is 8.12. The third-order valence-corrected chi connectivity index (χ3v) is 5.55. The number of allylic oxidation sites excluding steroid dienone is 2. The van der Waals surface area contributed by atoms with Gasteiger partial charge in [-0.05, 0) is 70.8 Å². The highest BCUT2D eigenvalue weighted by Gasteiger charge is 2.38. The first-order valence-electron chi connectivity index (χ1n) is 8.12. The number of rotatable bonds is 0. The SMILES string of the molecule is CC1(C)CCC(C)(C)c2cc3c(cc21)CCC/C3=C\C#N. The Hall–Kier alpha value is -1.55. The minimum absolute atomic E-state index is 0.245. The maximum absolute atomic E-state index is 9.04. The van der Waals surface area contributed by atoms with Crippen molar-refractivity contribution in [3.05, 3.63) is 40.5 Å². The molecule has 1 heteroatoms. The molecular formula is C20H25N. The molecule has 1 nitrogen and oxygen atoms in total. The summed E-state index contributed by atoms with van der Waals surface area (Å²) in [6.45, 7) is 9.48. The molecule has 0 unspecified atom stereocenters. The molecule has 2 aliphatic carbocycles. The number of aryl methyl sites for hydroxylation is 1. The van der Waals surface area contributed by atoms with Crippen LogP contribution in [-0.2, 0) is 17.3 Å². The Morgan fingerprint density at radius 2 is 1.62 bits per heavy atom. The van der Waals surface area contributed by atoms with Crippen LogP contribution < -0.4 is 0 Å². The average Bonchev–Trinajstić information content (AvgIpc) is 2.44. The largest absolute Gasteiger partial charge is 0.193 e. The van der Waals surface area contributed by atoms with Crippen molar-refractivity contribution in [3.8, 4) is 6.07 Å². The fourth-order valence-corrected chi connectivity index (χ4v) is 4.00. The molecule has 0 N–H and O–H groups in total. The molecule has 110 valence electrons. The molecule has 0 aliphatic heterocycles. The van der Waals surface area contributed by atoms with E-state index >= 15 is 0 Å². The van der Waals surface area contributed by atoms with Gasteiger partial charge in [-0.2, -0.15) is 5.26 Å². The first-order chi connectivity index (χ1) is 9.85. The van der Waals surface area contributed by atoms with E-state index in [4.69, 9.17) is 5.26 Å². The van der Waals surface area contributed by atoms with Gasteiger partial charge in [0.1, 0.15) is 0 Å². The van der Waals surface area contributed by atoms with Crippen molar-refractivity contribution in [1.29, 1.82) is 5.26 Å². The van der Waals surface area contributed by atoms with Gasteiger partial charge in [0, 0.05) is 6.08 Å². The van der Waals surface area contributed by atoms with Crippen LogP contribution in [0.1, 0.15) is 75.6 Å². The molecule has 2 aliphatic rings. The van der Waals surface area contributed by atoms with Crippen LogP contribution in [0.2, 0.25) is 0 Å². The molecule has 0 heterocycles. The van der Waals surface area contributed by atoms with E-state index in [0.717, 1.165) is 12.8 Å². The van der Waals surface area contributed by atoms with Gasteiger partial charge in [-0.1, -0.05) is 39.8 Å². The summed E-state index contributed by atoms with van der Waals surface area (Å²) in [7, 11) is 0. The smallest absolute Gasteiger partial charge is 0.0915 e. The highest BCUT2D eigenvalue weighted by Crippen LogP contribution is 2.48. The number of fused-ring (bicyclic) bond motifs is 2. The second-order valence-corrected chi connectivity index (χ2v) is 7.97. The van der Waals surface area contributed by atoms with E-state index in [1.54, 1.807) is 6.08 Å². The van der Waals surface area contributed by atoms with Crippen LogP contribution in [0, 0.1) is 11.3 Å². The van der Waals surface area contributed by atoms with Crippen molar-refractivity contribution >= 4 is 5.57 Å². The summed E-state index contributed by atoms with van der Waals surface area (Å²) in [5.41, 5.74) is 7.59. The van der Waals surface area contributed by atoms with E-state index in [1.165, 1.54) is 47.1 Å². The van der Waals surface area contributed by atoms with E-state index in [-0.39, 0.29) is 10.8 Å². The number of nitrogens with zero attached hydrogens (tertiary/aromatic N) is 1. The van der Waals surface area contributed by atoms with Gasteiger partial charge in [-0.15, -0.1) is 0 Å². The third-order valence-electron chi connectivity index (χ3n) is 5.55. The van der Waals surface area contributed by atoms with Crippen LogP contribution >= 0.6 is 0 Å². The van der Waals surface area contributed by atoms with Crippen LogP contribution in [0.5, 0.6) is 0 Å². The van der Waals surface area contributed by atoms with Gasteiger partial charge >= 0.3 is 0 Å². The summed E-state index contributed by atoms with van der Waals surface area (Å²) in [5, 5.41) is 9.04. The van der Waals surface area contributed by atoms with Crippen LogP contribution in [0.4, 0.5) is 0 Å². The average molecular weight is 279 g/mol. The molecule has 3 rings (SSSR count). The second kappa shape index (κ2) is 4.73. The van der Waals surface area contributed by atoms with Crippen molar-refractivity contribution in [2.75, 3.05) is 0 Å². The molecule has 1 aromatic carbocycles. The monoisotopic (exact) mass is 279 g/mol. The molecular weight excluding hydrogens is 254 g/mol. The maximum Gasteiger partial charge on any atom is 0.0915 e. The Kier molecular flexibility index (Phi) is 3.24. The summed E-state index contributed by atoms with van der Waals surface area (Å²) in [6, 6.07) is 7.10. The summed E-state index contributed by atoms with van der Waals surface area (Å²) < 4.78 is 0. The van der Waals surface area contributed by atoms with Crippen LogP contribution in [-0.4, -0.2) is 0 Å². The maximum atomic E-state index is 9.04. The summed E-state index contributed by atoms with van der Waals surface area (Å²) in [4.78, 5) is 0. The quantitative estimate of drug-likeness (QED) is 0.593. The second-order valence-electron chi connectivity index (χ2n) is 7.97. The Morgan fingerprint density at radius 1 is 1.00 bits per heavy atom. The van der Waals surface area contributed by atoms with Crippen molar-refractivity contribution < 1.29 is 0 Å². The zero-order valence-corrected chi connectivity index (χ0v) is 13.7. The predicted molar refractivity (Wildman–Crippen MR) is 88.3 cm³/mol. The topological polar surface area (TPSA) is 23.8 Å². The lowest BCUT2D eigenvalue weighted by Gasteiger charge is -2.43. The zero-order valence-electron chi connectivity index (χ0n) is 13.7. The summed E-state index contributed by atoms with van der Waals surface area (Å²) >= 11 is 0. The van der Waals surface area contributed by atoms with Gasteiger partial charge in [0.15, 0.2) is 0 Å². The minimum Gasteiger partial charge on any atom is -0.193 e. The standard InChI is InChI=1S/C20H25N/c1-19(2)9-10-20(3,4)18-13-16-14(8-11-21)6-5-7-15(16)12-17(18)19/h8,12-13H,5-7,9-10H2,1-4H3/b14-8+. The Morgan fingerprint density at radius 3 is 2.24 bits per heavy atom. The summed E-state index contributed by atoms with van der Waals surface area (Å²) in [6.07, 6.45) is 7.62. The lowest BCUT2D eigenvalue weighted by atomic mass is 9.62. The number of benzene rings is 1. The molecule has 1 aromatic rings.